The fraction of sp³-hybridized carbons (Fsp3) is 0.167. The Bertz CT molecular complexity index is 746. The lowest BCUT2D eigenvalue weighted by Crippen LogP contribution is -2.13. The Balaban J connectivity index is 2.54. The molecule has 0 aliphatic carbocycles. The molecule has 0 fully saturated rings. The second-order valence-electron chi connectivity index (χ2n) is 4.06. The Morgan fingerprint density at radius 1 is 1.14 bits per heavy atom. The topological polar surface area (TPSA) is 69.2 Å². The number of para-hydroxylation sites is 1. The summed E-state index contributed by atoms with van der Waals surface area (Å²) in [5, 5.41) is -0.735. The van der Waals surface area contributed by atoms with Crippen LogP contribution in [0, 0.1) is 0 Å². The van der Waals surface area contributed by atoms with E-state index in [1.54, 1.807) is 18.2 Å². The SMILES string of the molecule is CS(=O)(=O)c1ncc(C(F)(F)F)c(Oc2ccccc2)n1. The number of nitrogens with zero attached hydrogens (tertiary/aromatic N) is 2. The maximum Gasteiger partial charge on any atom is 0.423 e. The van der Waals surface area contributed by atoms with E-state index in [0.29, 0.717) is 6.20 Å². The Labute approximate surface area is 118 Å². The molecule has 2 rings (SSSR count). The van der Waals surface area contributed by atoms with Crippen molar-refractivity contribution in [1.29, 1.82) is 0 Å². The molecule has 0 aliphatic rings. The van der Waals surface area contributed by atoms with Crippen LogP contribution in [0.3, 0.4) is 0 Å². The van der Waals surface area contributed by atoms with Gasteiger partial charge in [-0.25, -0.2) is 13.4 Å². The minimum absolute atomic E-state index is 0.0983. The van der Waals surface area contributed by atoms with Crippen LogP contribution in [0.2, 0.25) is 0 Å². The van der Waals surface area contributed by atoms with Crippen molar-refractivity contribution in [2.45, 2.75) is 11.3 Å². The molecule has 5 nitrogen and oxygen atoms in total. The molecule has 1 heterocycles. The Hall–Kier alpha value is -2.16. The molecular formula is C12H9F3N2O3S. The standard InChI is InChI=1S/C12H9F3N2O3S/c1-21(18,19)11-16-7-9(12(13,14)15)10(17-11)20-8-5-3-2-4-6-8/h2-7H,1H3. The first-order valence-electron chi connectivity index (χ1n) is 5.55. The van der Waals surface area contributed by atoms with E-state index in [9.17, 15) is 21.6 Å². The molecule has 0 N–H and O–H groups in total. The van der Waals surface area contributed by atoms with E-state index in [2.05, 4.69) is 9.97 Å². The molecule has 112 valence electrons. The van der Waals surface area contributed by atoms with Crippen molar-refractivity contribution in [2.75, 3.05) is 6.26 Å². The van der Waals surface area contributed by atoms with Gasteiger partial charge in [0.1, 0.15) is 11.3 Å². The summed E-state index contributed by atoms with van der Waals surface area (Å²) in [5.41, 5.74) is -1.25. The molecule has 2 aromatic rings. The first kappa shape index (κ1) is 15.2. The van der Waals surface area contributed by atoms with Crippen LogP contribution in [-0.4, -0.2) is 24.6 Å². The van der Waals surface area contributed by atoms with Gasteiger partial charge >= 0.3 is 6.18 Å². The van der Waals surface area contributed by atoms with Crippen LogP contribution in [0.25, 0.3) is 0 Å². The highest BCUT2D eigenvalue weighted by Gasteiger charge is 2.37. The number of ether oxygens (including phenoxy) is 1. The number of hydrogen-bond acceptors (Lipinski definition) is 5. The second kappa shape index (κ2) is 5.32. The van der Waals surface area contributed by atoms with Crippen molar-refractivity contribution in [3.63, 3.8) is 0 Å². The number of sulfone groups is 1. The summed E-state index contributed by atoms with van der Waals surface area (Å²) in [7, 11) is -3.85. The van der Waals surface area contributed by atoms with Gasteiger partial charge < -0.3 is 4.74 Å². The Morgan fingerprint density at radius 3 is 2.29 bits per heavy atom. The summed E-state index contributed by atoms with van der Waals surface area (Å²) in [4.78, 5) is 6.58. The highest BCUT2D eigenvalue weighted by atomic mass is 32.2. The molecule has 0 aliphatic heterocycles. The Kier molecular flexibility index (Phi) is 3.86. The average Bonchev–Trinajstić information content (AvgIpc) is 2.37. The third kappa shape index (κ3) is 3.69. The molecule has 0 radical (unpaired) electrons. The van der Waals surface area contributed by atoms with Gasteiger partial charge in [0.05, 0.1) is 0 Å². The zero-order chi connectivity index (χ0) is 15.7. The van der Waals surface area contributed by atoms with Crippen molar-refractivity contribution in [3.8, 4) is 11.6 Å². The van der Waals surface area contributed by atoms with Crippen molar-refractivity contribution in [1.82, 2.24) is 9.97 Å². The van der Waals surface area contributed by atoms with Crippen molar-refractivity contribution in [3.05, 3.63) is 42.1 Å². The van der Waals surface area contributed by atoms with Gasteiger partial charge in [-0.1, -0.05) is 18.2 Å². The molecule has 0 saturated heterocycles. The van der Waals surface area contributed by atoms with E-state index in [1.165, 1.54) is 12.1 Å². The lowest BCUT2D eigenvalue weighted by molar-refractivity contribution is -0.139. The summed E-state index contributed by atoms with van der Waals surface area (Å²) < 4.78 is 66.3. The van der Waals surface area contributed by atoms with E-state index in [0.717, 1.165) is 6.26 Å². The lowest BCUT2D eigenvalue weighted by Gasteiger charge is -2.12. The zero-order valence-electron chi connectivity index (χ0n) is 10.6. The van der Waals surface area contributed by atoms with Gasteiger partial charge in [0.25, 0.3) is 0 Å². The van der Waals surface area contributed by atoms with Gasteiger partial charge in [-0.15, -0.1) is 0 Å². The summed E-state index contributed by atoms with van der Waals surface area (Å²) >= 11 is 0. The highest BCUT2D eigenvalue weighted by molar-refractivity contribution is 7.90. The van der Waals surface area contributed by atoms with Crippen LogP contribution in [0.5, 0.6) is 11.6 Å². The molecular weight excluding hydrogens is 309 g/mol. The minimum atomic E-state index is -4.76. The van der Waals surface area contributed by atoms with E-state index >= 15 is 0 Å². The van der Waals surface area contributed by atoms with E-state index in [4.69, 9.17) is 4.74 Å². The van der Waals surface area contributed by atoms with Gasteiger partial charge in [0.2, 0.25) is 20.9 Å². The summed E-state index contributed by atoms with van der Waals surface area (Å²) in [6.45, 7) is 0. The largest absolute Gasteiger partial charge is 0.438 e. The second-order valence-corrected chi connectivity index (χ2v) is 5.97. The number of hydrogen-bond donors (Lipinski definition) is 0. The molecule has 0 amide bonds. The monoisotopic (exact) mass is 318 g/mol. The van der Waals surface area contributed by atoms with Crippen LogP contribution >= 0.6 is 0 Å². The molecule has 0 bridgehead atoms. The van der Waals surface area contributed by atoms with E-state index in [1.807, 2.05) is 0 Å². The van der Waals surface area contributed by atoms with E-state index < -0.39 is 32.6 Å². The van der Waals surface area contributed by atoms with Gasteiger partial charge in [-0.2, -0.15) is 18.2 Å². The predicted molar refractivity (Wildman–Crippen MR) is 66.7 cm³/mol. The predicted octanol–water partition coefficient (Wildman–Crippen LogP) is 2.69. The third-order valence-electron chi connectivity index (χ3n) is 2.33. The van der Waals surface area contributed by atoms with Gasteiger partial charge in [0, 0.05) is 12.5 Å². The lowest BCUT2D eigenvalue weighted by atomic mass is 10.3. The quantitative estimate of drug-likeness (QED) is 0.814. The maximum absolute atomic E-state index is 12.9. The van der Waals surface area contributed by atoms with Gasteiger partial charge in [-0.05, 0) is 12.1 Å². The van der Waals surface area contributed by atoms with Crippen molar-refractivity contribution < 1.29 is 26.3 Å². The molecule has 0 spiro atoms. The normalized spacial score (nSPS) is 12.2. The molecule has 1 aromatic carbocycles. The van der Waals surface area contributed by atoms with Crippen molar-refractivity contribution in [2.24, 2.45) is 0 Å². The number of benzene rings is 1. The molecule has 9 heteroatoms. The molecule has 0 unspecified atom stereocenters. The Morgan fingerprint density at radius 2 is 1.76 bits per heavy atom. The van der Waals surface area contributed by atoms with Crippen LogP contribution in [-0.2, 0) is 16.0 Å². The van der Waals surface area contributed by atoms with Gasteiger partial charge in [-0.3, -0.25) is 0 Å². The fourth-order valence-electron chi connectivity index (χ4n) is 1.40. The van der Waals surface area contributed by atoms with Gasteiger partial charge in [0.15, 0.2) is 0 Å². The maximum atomic E-state index is 12.9. The summed E-state index contributed by atoms with van der Waals surface area (Å²) in [6.07, 6.45) is -3.58. The number of alkyl halides is 3. The third-order valence-corrected chi connectivity index (χ3v) is 3.19. The van der Waals surface area contributed by atoms with Crippen LogP contribution < -0.4 is 4.74 Å². The zero-order valence-corrected chi connectivity index (χ0v) is 11.4. The van der Waals surface area contributed by atoms with Crippen molar-refractivity contribution >= 4 is 9.84 Å². The number of rotatable bonds is 3. The van der Waals surface area contributed by atoms with Crippen LogP contribution in [0.4, 0.5) is 13.2 Å². The molecule has 0 atom stereocenters. The average molecular weight is 318 g/mol. The van der Waals surface area contributed by atoms with Crippen LogP contribution in [0.15, 0.2) is 41.7 Å². The first-order chi connectivity index (χ1) is 9.68. The minimum Gasteiger partial charge on any atom is -0.438 e. The molecule has 1 aromatic heterocycles. The van der Waals surface area contributed by atoms with E-state index in [-0.39, 0.29) is 5.75 Å². The summed E-state index contributed by atoms with van der Waals surface area (Å²) in [5.74, 6) is -0.759. The smallest absolute Gasteiger partial charge is 0.423 e. The fourth-order valence-corrected chi connectivity index (χ4v) is 1.89. The highest BCUT2D eigenvalue weighted by Crippen LogP contribution is 2.36. The molecule has 21 heavy (non-hydrogen) atoms. The number of halogens is 3. The van der Waals surface area contributed by atoms with Crippen LogP contribution in [0.1, 0.15) is 5.56 Å². The number of aromatic nitrogens is 2. The first-order valence-corrected chi connectivity index (χ1v) is 7.44. The summed E-state index contributed by atoms with van der Waals surface area (Å²) in [6, 6.07) is 7.60. The molecule has 0 saturated carbocycles.